The molecule has 1 aromatic heterocycles. The van der Waals surface area contributed by atoms with Crippen molar-refractivity contribution in [3.63, 3.8) is 0 Å². The van der Waals surface area contributed by atoms with Crippen molar-refractivity contribution in [3.05, 3.63) is 51.6 Å². The van der Waals surface area contributed by atoms with Crippen molar-refractivity contribution in [2.75, 3.05) is 14.2 Å². The van der Waals surface area contributed by atoms with Crippen LogP contribution in [-0.4, -0.2) is 40.8 Å². The SMILES string of the molecule is COC(=O)c1cc([N+](=O)[O-])c(-n2ccnc2[C@@H]2CCC[C@@H]2OC)cc1C. The summed E-state index contributed by atoms with van der Waals surface area (Å²) in [6, 6.07) is 2.90. The number of benzene rings is 1. The van der Waals surface area contributed by atoms with Crippen molar-refractivity contribution < 1.29 is 19.2 Å². The minimum atomic E-state index is -0.599. The van der Waals surface area contributed by atoms with Gasteiger partial charge in [0.25, 0.3) is 5.69 Å². The van der Waals surface area contributed by atoms with E-state index in [0.717, 1.165) is 25.1 Å². The third-order valence-electron chi connectivity index (χ3n) is 4.94. The lowest BCUT2D eigenvalue weighted by Crippen LogP contribution is -2.19. The first kappa shape index (κ1) is 18.1. The normalized spacial score (nSPS) is 19.5. The van der Waals surface area contributed by atoms with Gasteiger partial charge in [0.05, 0.1) is 23.7 Å². The molecular weight excluding hydrogens is 338 g/mol. The number of rotatable bonds is 5. The third kappa shape index (κ3) is 3.08. The number of imidazole rings is 1. The summed E-state index contributed by atoms with van der Waals surface area (Å²) >= 11 is 0. The summed E-state index contributed by atoms with van der Waals surface area (Å²) in [5.74, 6) is 0.219. The molecule has 1 aromatic carbocycles. The molecule has 1 fully saturated rings. The number of aryl methyl sites for hydroxylation is 1. The highest BCUT2D eigenvalue weighted by Gasteiger charge is 2.33. The maximum Gasteiger partial charge on any atom is 0.338 e. The van der Waals surface area contributed by atoms with E-state index in [1.807, 2.05) is 0 Å². The van der Waals surface area contributed by atoms with E-state index in [0.29, 0.717) is 11.3 Å². The summed E-state index contributed by atoms with van der Waals surface area (Å²) in [5, 5.41) is 11.6. The molecule has 0 saturated heterocycles. The summed E-state index contributed by atoms with van der Waals surface area (Å²) in [6.45, 7) is 1.73. The maximum absolute atomic E-state index is 11.9. The number of nitrogens with zero attached hydrogens (tertiary/aromatic N) is 3. The van der Waals surface area contributed by atoms with Gasteiger partial charge < -0.3 is 9.47 Å². The Labute approximate surface area is 150 Å². The molecule has 0 amide bonds. The van der Waals surface area contributed by atoms with Gasteiger partial charge in [-0.25, -0.2) is 9.78 Å². The fourth-order valence-electron chi connectivity index (χ4n) is 3.65. The Balaban J connectivity index is 2.13. The van der Waals surface area contributed by atoms with E-state index in [9.17, 15) is 14.9 Å². The van der Waals surface area contributed by atoms with Crippen molar-refractivity contribution in [3.8, 4) is 5.69 Å². The van der Waals surface area contributed by atoms with Gasteiger partial charge in [-0.1, -0.05) is 6.42 Å². The zero-order valence-corrected chi connectivity index (χ0v) is 15.0. The lowest BCUT2D eigenvalue weighted by atomic mass is 10.0. The van der Waals surface area contributed by atoms with Crippen LogP contribution in [0, 0.1) is 17.0 Å². The molecule has 3 rings (SSSR count). The summed E-state index contributed by atoms with van der Waals surface area (Å²) in [4.78, 5) is 27.5. The first-order valence-corrected chi connectivity index (χ1v) is 8.41. The average Bonchev–Trinajstić information content (AvgIpc) is 3.28. The average molecular weight is 359 g/mol. The predicted molar refractivity (Wildman–Crippen MR) is 93.7 cm³/mol. The van der Waals surface area contributed by atoms with Gasteiger partial charge in [0.15, 0.2) is 0 Å². The van der Waals surface area contributed by atoms with E-state index in [2.05, 4.69) is 4.98 Å². The molecule has 1 saturated carbocycles. The summed E-state index contributed by atoms with van der Waals surface area (Å²) in [5.41, 5.74) is 1.00. The Kier molecular flexibility index (Phi) is 5.03. The molecule has 2 aromatic rings. The van der Waals surface area contributed by atoms with Crippen molar-refractivity contribution in [1.82, 2.24) is 9.55 Å². The molecule has 0 spiro atoms. The van der Waals surface area contributed by atoms with E-state index in [1.54, 1.807) is 37.1 Å². The second-order valence-corrected chi connectivity index (χ2v) is 6.37. The quantitative estimate of drug-likeness (QED) is 0.462. The summed E-state index contributed by atoms with van der Waals surface area (Å²) in [6.07, 6.45) is 6.27. The monoisotopic (exact) mass is 359 g/mol. The number of hydrogen-bond acceptors (Lipinski definition) is 6. The smallest absolute Gasteiger partial charge is 0.338 e. The number of nitro groups is 1. The highest BCUT2D eigenvalue weighted by atomic mass is 16.6. The van der Waals surface area contributed by atoms with Crippen LogP contribution in [0.3, 0.4) is 0 Å². The Morgan fingerprint density at radius 1 is 1.35 bits per heavy atom. The summed E-state index contributed by atoms with van der Waals surface area (Å²) < 4.78 is 12.0. The largest absolute Gasteiger partial charge is 0.465 e. The van der Waals surface area contributed by atoms with E-state index >= 15 is 0 Å². The highest BCUT2D eigenvalue weighted by Crippen LogP contribution is 2.38. The van der Waals surface area contributed by atoms with E-state index in [4.69, 9.17) is 9.47 Å². The molecular formula is C18H21N3O5. The fraction of sp³-hybridized carbons (Fsp3) is 0.444. The Morgan fingerprint density at radius 2 is 2.12 bits per heavy atom. The lowest BCUT2D eigenvalue weighted by Gasteiger charge is -2.19. The van der Waals surface area contributed by atoms with Crippen LogP contribution in [-0.2, 0) is 9.47 Å². The van der Waals surface area contributed by atoms with Gasteiger partial charge in [-0.15, -0.1) is 0 Å². The number of methoxy groups -OCH3 is 2. The third-order valence-corrected chi connectivity index (χ3v) is 4.94. The van der Waals surface area contributed by atoms with E-state index < -0.39 is 10.9 Å². The maximum atomic E-state index is 11.9. The lowest BCUT2D eigenvalue weighted by molar-refractivity contribution is -0.384. The first-order chi connectivity index (χ1) is 12.5. The Hall–Kier alpha value is -2.74. The van der Waals surface area contributed by atoms with Crippen LogP contribution in [0.4, 0.5) is 5.69 Å². The minimum absolute atomic E-state index is 0.0469. The van der Waals surface area contributed by atoms with Crippen molar-refractivity contribution in [2.24, 2.45) is 0 Å². The molecule has 2 atom stereocenters. The number of hydrogen-bond donors (Lipinski definition) is 0. The molecule has 1 heterocycles. The van der Waals surface area contributed by atoms with Crippen LogP contribution in [0.5, 0.6) is 0 Å². The second-order valence-electron chi connectivity index (χ2n) is 6.37. The molecule has 0 radical (unpaired) electrons. The van der Waals surface area contributed by atoms with Gasteiger partial charge in [0.1, 0.15) is 11.5 Å². The Bertz CT molecular complexity index is 845. The van der Waals surface area contributed by atoms with Crippen LogP contribution < -0.4 is 0 Å². The van der Waals surface area contributed by atoms with Crippen LogP contribution in [0.2, 0.25) is 0 Å². The Morgan fingerprint density at radius 3 is 2.77 bits per heavy atom. The molecule has 1 aliphatic rings. The molecule has 8 heteroatoms. The number of carbonyl (C=O) groups is 1. The molecule has 1 aliphatic carbocycles. The highest BCUT2D eigenvalue weighted by molar-refractivity contribution is 5.92. The molecule has 0 unspecified atom stereocenters. The van der Waals surface area contributed by atoms with Crippen LogP contribution in [0.15, 0.2) is 24.5 Å². The van der Waals surface area contributed by atoms with Gasteiger partial charge in [0.2, 0.25) is 0 Å². The zero-order chi connectivity index (χ0) is 18.8. The minimum Gasteiger partial charge on any atom is -0.465 e. The van der Waals surface area contributed by atoms with Gasteiger partial charge in [-0.05, 0) is 31.4 Å². The zero-order valence-electron chi connectivity index (χ0n) is 15.0. The standard InChI is InChI=1S/C18H21N3O5/c1-11-9-14(15(21(23)24)10-13(11)18(22)26-3)20-8-7-19-17(20)12-5-4-6-16(12)25-2/h7-10,12,16H,4-6H2,1-3H3/t12-,16+/m1/s1. The van der Waals surface area contributed by atoms with Crippen LogP contribution in [0.1, 0.15) is 46.9 Å². The predicted octanol–water partition coefficient (Wildman–Crippen LogP) is 3.16. The van der Waals surface area contributed by atoms with Crippen LogP contribution >= 0.6 is 0 Å². The number of carbonyl (C=O) groups excluding carboxylic acids is 1. The van der Waals surface area contributed by atoms with E-state index in [1.165, 1.54) is 13.2 Å². The van der Waals surface area contributed by atoms with Gasteiger partial charge >= 0.3 is 5.97 Å². The number of aromatic nitrogens is 2. The van der Waals surface area contributed by atoms with Crippen molar-refractivity contribution >= 4 is 11.7 Å². The number of ether oxygens (including phenoxy) is 2. The van der Waals surface area contributed by atoms with Gasteiger partial charge in [-0.3, -0.25) is 14.7 Å². The van der Waals surface area contributed by atoms with Crippen molar-refractivity contribution in [2.45, 2.75) is 38.2 Å². The summed E-state index contributed by atoms with van der Waals surface area (Å²) in [7, 11) is 2.93. The topological polar surface area (TPSA) is 96.5 Å². The van der Waals surface area contributed by atoms with Gasteiger partial charge in [0, 0.05) is 31.5 Å². The molecule has 8 nitrogen and oxygen atoms in total. The molecule has 0 aliphatic heterocycles. The van der Waals surface area contributed by atoms with Crippen molar-refractivity contribution in [1.29, 1.82) is 0 Å². The first-order valence-electron chi connectivity index (χ1n) is 8.41. The molecule has 138 valence electrons. The van der Waals surface area contributed by atoms with Crippen LogP contribution in [0.25, 0.3) is 5.69 Å². The number of nitro benzene ring substituents is 1. The molecule has 0 N–H and O–H groups in total. The van der Waals surface area contributed by atoms with E-state index in [-0.39, 0.29) is 23.3 Å². The molecule has 0 bridgehead atoms. The van der Waals surface area contributed by atoms with Gasteiger partial charge in [-0.2, -0.15) is 0 Å². The molecule has 26 heavy (non-hydrogen) atoms. The second kappa shape index (κ2) is 7.25. The fourth-order valence-corrected chi connectivity index (χ4v) is 3.65. The number of esters is 1.